The number of aromatic nitrogens is 3. The fourth-order valence-corrected chi connectivity index (χ4v) is 4.62. The number of rotatable bonds is 5. The molecular formula is C23H26FN5O3. The third-order valence-electron chi connectivity index (χ3n) is 6.91. The van der Waals surface area contributed by atoms with Crippen LogP contribution in [0.15, 0.2) is 18.2 Å². The summed E-state index contributed by atoms with van der Waals surface area (Å²) in [7, 11) is 3.43. The second kappa shape index (κ2) is 7.44. The average molecular weight is 439 g/mol. The molecule has 8 nitrogen and oxygen atoms in total. The zero-order chi connectivity index (χ0) is 22.6. The number of aromatic amines is 2. The lowest BCUT2D eigenvalue weighted by Crippen LogP contribution is -2.43. The molecule has 1 aromatic carbocycles. The van der Waals surface area contributed by atoms with Crippen LogP contribution < -0.4 is 0 Å². The number of hydrogen-bond acceptors (Lipinski definition) is 4. The summed E-state index contributed by atoms with van der Waals surface area (Å²) in [5, 5.41) is 7.94. The Labute approximate surface area is 184 Å². The van der Waals surface area contributed by atoms with Crippen LogP contribution in [0.1, 0.15) is 50.6 Å². The Kier molecular flexibility index (Phi) is 4.81. The smallest absolute Gasteiger partial charge is 0.272 e. The summed E-state index contributed by atoms with van der Waals surface area (Å²) in [6.07, 6.45) is 2.38. The van der Waals surface area contributed by atoms with Crippen molar-refractivity contribution < 1.29 is 18.7 Å². The molecule has 9 heteroatoms. The third kappa shape index (κ3) is 3.19. The molecule has 0 spiro atoms. The van der Waals surface area contributed by atoms with E-state index < -0.39 is 0 Å². The van der Waals surface area contributed by atoms with Crippen LogP contribution in [0.5, 0.6) is 0 Å². The van der Waals surface area contributed by atoms with E-state index in [9.17, 15) is 14.0 Å². The lowest BCUT2D eigenvalue weighted by atomic mass is 10.0. The first-order valence-electron chi connectivity index (χ1n) is 10.7. The van der Waals surface area contributed by atoms with Crippen molar-refractivity contribution in [3.05, 3.63) is 52.2 Å². The lowest BCUT2D eigenvalue weighted by Gasteiger charge is -2.29. The molecule has 2 amide bonds. The number of halogens is 1. The predicted octanol–water partition coefficient (Wildman–Crippen LogP) is 2.79. The lowest BCUT2D eigenvalue weighted by molar-refractivity contribution is 0.0541. The van der Waals surface area contributed by atoms with Crippen LogP contribution in [-0.2, 0) is 17.7 Å². The van der Waals surface area contributed by atoms with E-state index in [1.165, 1.54) is 6.07 Å². The monoisotopic (exact) mass is 439 g/mol. The van der Waals surface area contributed by atoms with Crippen molar-refractivity contribution in [2.75, 3.05) is 27.3 Å². The van der Waals surface area contributed by atoms with E-state index in [2.05, 4.69) is 15.2 Å². The summed E-state index contributed by atoms with van der Waals surface area (Å²) in [6.45, 7) is 2.98. The second-order valence-electron chi connectivity index (χ2n) is 8.84. The number of aryl methyl sites for hydroxylation is 1. The van der Waals surface area contributed by atoms with Crippen LogP contribution in [0, 0.1) is 12.7 Å². The highest BCUT2D eigenvalue weighted by molar-refractivity contribution is 5.99. The minimum atomic E-state index is -0.300. The van der Waals surface area contributed by atoms with E-state index >= 15 is 0 Å². The molecule has 0 bridgehead atoms. The summed E-state index contributed by atoms with van der Waals surface area (Å²) in [4.78, 5) is 33.0. The van der Waals surface area contributed by atoms with Gasteiger partial charge in [0.05, 0.1) is 24.4 Å². The number of fused-ring (bicyclic) bond motifs is 2. The second-order valence-corrected chi connectivity index (χ2v) is 8.84. The molecular weight excluding hydrogens is 413 g/mol. The fourth-order valence-electron chi connectivity index (χ4n) is 4.62. The zero-order valence-electron chi connectivity index (χ0n) is 18.4. The Balaban J connectivity index is 1.39. The Morgan fingerprint density at radius 2 is 2.12 bits per heavy atom. The Morgan fingerprint density at radius 1 is 1.34 bits per heavy atom. The van der Waals surface area contributed by atoms with Crippen LogP contribution in [0.25, 0.3) is 10.9 Å². The van der Waals surface area contributed by atoms with Crippen molar-refractivity contribution in [2.24, 2.45) is 0 Å². The maximum Gasteiger partial charge on any atom is 0.272 e. The Morgan fingerprint density at radius 3 is 2.84 bits per heavy atom. The Bertz CT molecular complexity index is 1230. The number of methoxy groups -OCH3 is 1. The molecule has 1 saturated carbocycles. The molecule has 0 radical (unpaired) electrons. The first-order chi connectivity index (χ1) is 15.3. The highest BCUT2D eigenvalue weighted by atomic mass is 19.1. The number of carbonyl (C=O) groups excluding carboxylic acids is 2. The van der Waals surface area contributed by atoms with Gasteiger partial charge in [-0.1, -0.05) is 0 Å². The maximum absolute atomic E-state index is 13.9. The van der Waals surface area contributed by atoms with E-state index in [0.29, 0.717) is 48.5 Å². The van der Waals surface area contributed by atoms with Gasteiger partial charge in [0, 0.05) is 43.6 Å². The topological polar surface area (TPSA) is 94.3 Å². The van der Waals surface area contributed by atoms with Gasteiger partial charge < -0.3 is 19.5 Å². The highest BCUT2D eigenvalue weighted by Gasteiger charge is 2.49. The first-order valence-corrected chi connectivity index (χ1v) is 10.7. The minimum Gasteiger partial charge on any atom is -0.382 e. The number of amides is 2. The summed E-state index contributed by atoms with van der Waals surface area (Å²) >= 11 is 0. The molecule has 1 aliphatic heterocycles. The average Bonchev–Trinajstić information content (AvgIpc) is 3.26. The van der Waals surface area contributed by atoms with Crippen molar-refractivity contribution in [3.8, 4) is 0 Å². The molecule has 0 atom stereocenters. The quantitative estimate of drug-likeness (QED) is 0.639. The third-order valence-corrected chi connectivity index (χ3v) is 6.91. The number of ether oxygens (including phenoxy) is 1. The number of benzene rings is 1. The van der Waals surface area contributed by atoms with Gasteiger partial charge >= 0.3 is 0 Å². The van der Waals surface area contributed by atoms with Gasteiger partial charge in [-0.3, -0.25) is 14.7 Å². The van der Waals surface area contributed by atoms with E-state index in [1.54, 1.807) is 43.0 Å². The van der Waals surface area contributed by atoms with Crippen molar-refractivity contribution in [1.82, 2.24) is 25.0 Å². The standard InChI is InChI=1S/C23H26FN5O3/c1-13-14-10-19(25-17(14)5-4-16(13)24)21(30)29-9-6-18-15(11-29)20(27-26-18)22(31)28(2)23(7-8-23)12-32-3/h4-5,10,25H,6-9,11-12H2,1-3H3,(H,26,27). The van der Waals surface area contributed by atoms with E-state index in [-0.39, 0.29) is 23.2 Å². The number of likely N-dealkylation sites (N-methyl/N-ethyl adjacent to an activating group) is 1. The largest absolute Gasteiger partial charge is 0.382 e. The summed E-state index contributed by atoms with van der Waals surface area (Å²) in [6, 6.07) is 4.73. The van der Waals surface area contributed by atoms with E-state index in [4.69, 9.17) is 4.74 Å². The molecule has 1 fully saturated rings. The van der Waals surface area contributed by atoms with E-state index in [0.717, 1.165) is 29.6 Å². The van der Waals surface area contributed by atoms with Crippen LogP contribution in [0.2, 0.25) is 0 Å². The van der Waals surface area contributed by atoms with Gasteiger partial charge in [-0.05, 0) is 43.5 Å². The molecule has 32 heavy (non-hydrogen) atoms. The number of nitrogens with zero attached hydrogens (tertiary/aromatic N) is 3. The normalized spacial score (nSPS) is 16.8. The summed E-state index contributed by atoms with van der Waals surface area (Å²) in [5.41, 5.74) is 3.38. The molecule has 2 aliphatic rings. The van der Waals surface area contributed by atoms with Gasteiger partial charge in [0.15, 0.2) is 0 Å². The molecule has 0 unspecified atom stereocenters. The van der Waals surface area contributed by atoms with Gasteiger partial charge in [0.2, 0.25) is 0 Å². The van der Waals surface area contributed by atoms with Gasteiger partial charge in [0.1, 0.15) is 17.2 Å². The van der Waals surface area contributed by atoms with Crippen molar-refractivity contribution >= 4 is 22.7 Å². The van der Waals surface area contributed by atoms with Crippen LogP contribution >= 0.6 is 0 Å². The fraction of sp³-hybridized carbons (Fsp3) is 0.435. The summed E-state index contributed by atoms with van der Waals surface area (Å²) < 4.78 is 19.2. The SMILES string of the molecule is COCC1(N(C)C(=O)c2[nH]nc3c2CN(C(=O)c2cc4c(C)c(F)ccc4[nH]2)CC3)CC1. The van der Waals surface area contributed by atoms with Crippen LogP contribution in [-0.4, -0.2) is 69.6 Å². The van der Waals surface area contributed by atoms with Gasteiger partial charge in [-0.2, -0.15) is 5.10 Å². The van der Waals surface area contributed by atoms with Crippen molar-refractivity contribution in [3.63, 3.8) is 0 Å². The zero-order valence-corrected chi connectivity index (χ0v) is 18.4. The molecule has 3 aromatic rings. The first kappa shape index (κ1) is 20.7. The predicted molar refractivity (Wildman–Crippen MR) is 116 cm³/mol. The minimum absolute atomic E-state index is 0.140. The number of nitrogens with one attached hydrogen (secondary N) is 2. The number of hydrogen-bond donors (Lipinski definition) is 2. The van der Waals surface area contributed by atoms with E-state index in [1.807, 2.05) is 0 Å². The molecule has 168 valence electrons. The highest BCUT2D eigenvalue weighted by Crippen LogP contribution is 2.42. The van der Waals surface area contributed by atoms with Gasteiger partial charge in [0.25, 0.3) is 11.8 Å². The molecule has 0 saturated heterocycles. The molecule has 2 aromatic heterocycles. The van der Waals surface area contributed by atoms with Crippen LogP contribution in [0.3, 0.4) is 0 Å². The number of carbonyl (C=O) groups is 2. The van der Waals surface area contributed by atoms with Crippen molar-refractivity contribution in [1.29, 1.82) is 0 Å². The van der Waals surface area contributed by atoms with Crippen LogP contribution in [0.4, 0.5) is 4.39 Å². The van der Waals surface area contributed by atoms with Gasteiger partial charge in [-0.15, -0.1) is 0 Å². The molecule has 2 N–H and O–H groups in total. The molecule has 3 heterocycles. The molecule has 5 rings (SSSR count). The summed E-state index contributed by atoms with van der Waals surface area (Å²) in [5.74, 6) is -0.623. The maximum atomic E-state index is 13.9. The van der Waals surface area contributed by atoms with Crippen molar-refractivity contribution in [2.45, 2.75) is 38.3 Å². The Hall–Kier alpha value is -3.20. The number of H-pyrrole nitrogens is 2. The van der Waals surface area contributed by atoms with Gasteiger partial charge in [-0.25, -0.2) is 4.39 Å². The molecule has 1 aliphatic carbocycles.